The largest absolute Gasteiger partial charge is 0.378 e. The van der Waals surface area contributed by atoms with E-state index in [2.05, 4.69) is 5.32 Å². The van der Waals surface area contributed by atoms with Crippen LogP contribution in [0.3, 0.4) is 0 Å². The highest BCUT2D eigenvalue weighted by molar-refractivity contribution is 5.85. The number of halogens is 1. The SMILES string of the molecule is CO[C@H]1CNC[C@@H]1N.Cl. The van der Waals surface area contributed by atoms with Gasteiger partial charge in [0.1, 0.15) is 0 Å². The van der Waals surface area contributed by atoms with Crippen molar-refractivity contribution >= 4 is 12.4 Å². The van der Waals surface area contributed by atoms with Crippen LogP contribution in [0.5, 0.6) is 0 Å². The van der Waals surface area contributed by atoms with Crippen molar-refractivity contribution in [3.8, 4) is 0 Å². The van der Waals surface area contributed by atoms with E-state index in [0.29, 0.717) is 0 Å². The predicted octanol–water partition coefficient (Wildman–Crippen LogP) is -0.646. The highest BCUT2D eigenvalue weighted by Crippen LogP contribution is 1.98. The Labute approximate surface area is 61.3 Å². The summed E-state index contributed by atoms with van der Waals surface area (Å²) in [6.07, 6.45) is 0.231. The number of rotatable bonds is 1. The molecule has 0 aromatic heterocycles. The predicted molar refractivity (Wildman–Crippen MR) is 38.9 cm³/mol. The van der Waals surface area contributed by atoms with Crippen LogP contribution < -0.4 is 11.1 Å². The molecule has 1 heterocycles. The molecule has 3 nitrogen and oxygen atoms in total. The lowest BCUT2D eigenvalue weighted by Gasteiger charge is -2.10. The molecule has 4 heteroatoms. The minimum atomic E-state index is 0. The van der Waals surface area contributed by atoms with Gasteiger partial charge in [-0.3, -0.25) is 0 Å². The first-order valence-electron chi connectivity index (χ1n) is 2.83. The van der Waals surface area contributed by atoms with Gasteiger partial charge in [0.15, 0.2) is 0 Å². The average molecular weight is 153 g/mol. The number of hydrogen-bond acceptors (Lipinski definition) is 3. The molecule has 0 aromatic carbocycles. The lowest BCUT2D eigenvalue weighted by atomic mass is 10.2. The summed E-state index contributed by atoms with van der Waals surface area (Å²) in [6.45, 7) is 1.79. The van der Waals surface area contributed by atoms with Crippen molar-refractivity contribution in [2.45, 2.75) is 12.1 Å². The first kappa shape index (κ1) is 9.17. The van der Waals surface area contributed by atoms with E-state index < -0.39 is 0 Å². The fourth-order valence-corrected chi connectivity index (χ4v) is 0.933. The zero-order chi connectivity index (χ0) is 5.98. The Bertz CT molecular complexity index is 81.4. The highest BCUT2D eigenvalue weighted by atomic mass is 35.5. The molecule has 0 aliphatic carbocycles. The molecule has 0 bridgehead atoms. The van der Waals surface area contributed by atoms with Crippen molar-refractivity contribution in [2.24, 2.45) is 5.73 Å². The molecule has 1 aliphatic heterocycles. The zero-order valence-electron chi connectivity index (χ0n) is 5.46. The molecule has 1 rings (SSSR count). The summed E-state index contributed by atoms with van der Waals surface area (Å²) < 4.78 is 5.04. The molecule has 0 spiro atoms. The number of nitrogens with two attached hydrogens (primary N) is 1. The molecule has 0 saturated carbocycles. The summed E-state index contributed by atoms with van der Waals surface area (Å²) in [7, 11) is 1.69. The van der Waals surface area contributed by atoms with Crippen LogP contribution in [0.25, 0.3) is 0 Å². The minimum Gasteiger partial charge on any atom is -0.378 e. The Balaban J connectivity index is 0.000000640. The quantitative estimate of drug-likeness (QED) is 0.525. The second-order valence-corrected chi connectivity index (χ2v) is 2.10. The normalized spacial score (nSPS) is 34.0. The van der Waals surface area contributed by atoms with E-state index in [4.69, 9.17) is 10.5 Å². The fraction of sp³-hybridized carbons (Fsp3) is 1.00. The molecular formula is C5H13ClN2O. The van der Waals surface area contributed by atoms with Crippen LogP contribution in [0.1, 0.15) is 0 Å². The van der Waals surface area contributed by atoms with Gasteiger partial charge in [-0.05, 0) is 0 Å². The molecule has 0 unspecified atom stereocenters. The van der Waals surface area contributed by atoms with E-state index in [9.17, 15) is 0 Å². The summed E-state index contributed by atoms with van der Waals surface area (Å²) in [5, 5.41) is 3.12. The maximum atomic E-state index is 5.60. The maximum absolute atomic E-state index is 5.60. The topological polar surface area (TPSA) is 47.3 Å². The van der Waals surface area contributed by atoms with E-state index in [1.165, 1.54) is 0 Å². The molecule has 0 radical (unpaired) electrons. The van der Waals surface area contributed by atoms with E-state index in [0.717, 1.165) is 13.1 Å². The first-order chi connectivity index (χ1) is 3.84. The molecule has 9 heavy (non-hydrogen) atoms. The summed E-state index contributed by atoms with van der Waals surface area (Å²) in [6, 6.07) is 0.194. The summed E-state index contributed by atoms with van der Waals surface area (Å²) >= 11 is 0. The van der Waals surface area contributed by atoms with Crippen LogP contribution in [0.15, 0.2) is 0 Å². The van der Waals surface area contributed by atoms with Crippen molar-refractivity contribution in [1.29, 1.82) is 0 Å². The van der Waals surface area contributed by atoms with Gasteiger partial charge in [-0.2, -0.15) is 0 Å². The van der Waals surface area contributed by atoms with Gasteiger partial charge < -0.3 is 15.8 Å². The lowest BCUT2D eigenvalue weighted by molar-refractivity contribution is 0.107. The smallest absolute Gasteiger partial charge is 0.0858 e. The highest BCUT2D eigenvalue weighted by Gasteiger charge is 2.22. The first-order valence-corrected chi connectivity index (χ1v) is 2.83. The number of ether oxygens (including phenoxy) is 1. The molecule has 3 N–H and O–H groups in total. The van der Waals surface area contributed by atoms with Crippen molar-refractivity contribution in [2.75, 3.05) is 20.2 Å². The van der Waals surface area contributed by atoms with Crippen LogP contribution in [0, 0.1) is 0 Å². The third kappa shape index (κ3) is 2.10. The Hall–Kier alpha value is 0.170. The van der Waals surface area contributed by atoms with Gasteiger partial charge in [-0.1, -0.05) is 0 Å². The molecule has 0 aromatic rings. The Kier molecular flexibility index (Phi) is 4.14. The molecule has 0 amide bonds. The molecular weight excluding hydrogens is 140 g/mol. The summed E-state index contributed by atoms with van der Waals surface area (Å²) in [5.41, 5.74) is 5.60. The third-order valence-electron chi connectivity index (χ3n) is 1.51. The van der Waals surface area contributed by atoms with E-state index >= 15 is 0 Å². The van der Waals surface area contributed by atoms with Crippen molar-refractivity contribution in [3.05, 3.63) is 0 Å². The zero-order valence-corrected chi connectivity index (χ0v) is 6.28. The van der Waals surface area contributed by atoms with Crippen LogP contribution >= 0.6 is 12.4 Å². The maximum Gasteiger partial charge on any atom is 0.0858 e. The van der Waals surface area contributed by atoms with Gasteiger partial charge in [0.2, 0.25) is 0 Å². The van der Waals surface area contributed by atoms with Gasteiger partial charge in [-0.25, -0.2) is 0 Å². The van der Waals surface area contributed by atoms with E-state index in [-0.39, 0.29) is 24.6 Å². The fourth-order valence-electron chi connectivity index (χ4n) is 0.933. The minimum absolute atomic E-state index is 0. The van der Waals surface area contributed by atoms with Gasteiger partial charge in [-0.15, -0.1) is 12.4 Å². The van der Waals surface area contributed by atoms with Crippen LogP contribution in [-0.4, -0.2) is 32.3 Å². The Morgan fingerprint density at radius 1 is 1.56 bits per heavy atom. The van der Waals surface area contributed by atoms with E-state index in [1.807, 2.05) is 0 Å². The average Bonchev–Trinajstić information content (AvgIpc) is 2.14. The Morgan fingerprint density at radius 2 is 2.22 bits per heavy atom. The molecule has 1 saturated heterocycles. The second-order valence-electron chi connectivity index (χ2n) is 2.10. The summed E-state index contributed by atoms with van der Waals surface area (Å²) in [4.78, 5) is 0. The van der Waals surface area contributed by atoms with Crippen LogP contribution in [0.2, 0.25) is 0 Å². The number of hydrogen-bond donors (Lipinski definition) is 2. The Morgan fingerprint density at radius 3 is 2.44 bits per heavy atom. The molecule has 1 fully saturated rings. The molecule has 1 aliphatic rings. The standard InChI is InChI=1S/C5H12N2O.ClH/c1-8-5-3-7-2-4(5)6;/h4-5,7H,2-3,6H2,1H3;1H/t4-,5-;/m0./s1. The van der Waals surface area contributed by atoms with Gasteiger partial charge in [0, 0.05) is 26.2 Å². The van der Waals surface area contributed by atoms with Gasteiger partial charge >= 0.3 is 0 Å². The monoisotopic (exact) mass is 152 g/mol. The van der Waals surface area contributed by atoms with Crippen molar-refractivity contribution < 1.29 is 4.74 Å². The molecule has 2 atom stereocenters. The summed E-state index contributed by atoms with van der Waals surface area (Å²) in [5.74, 6) is 0. The third-order valence-corrected chi connectivity index (χ3v) is 1.51. The van der Waals surface area contributed by atoms with Gasteiger partial charge in [0.25, 0.3) is 0 Å². The second kappa shape index (κ2) is 4.06. The molecule has 56 valence electrons. The van der Waals surface area contributed by atoms with Crippen molar-refractivity contribution in [1.82, 2.24) is 5.32 Å². The van der Waals surface area contributed by atoms with Gasteiger partial charge in [0.05, 0.1) is 6.10 Å². The lowest BCUT2D eigenvalue weighted by Crippen LogP contribution is -2.34. The number of nitrogens with one attached hydrogen (secondary N) is 1. The van der Waals surface area contributed by atoms with Crippen LogP contribution in [-0.2, 0) is 4.74 Å². The van der Waals surface area contributed by atoms with Crippen molar-refractivity contribution in [3.63, 3.8) is 0 Å². The van der Waals surface area contributed by atoms with E-state index in [1.54, 1.807) is 7.11 Å². The van der Waals surface area contributed by atoms with Crippen LogP contribution in [0.4, 0.5) is 0 Å². The number of methoxy groups -OCH3 is 1.